The van der Waals surface area contributed by atoms with Crippen LogP contribution in [0.3, 0.4) is 0 Å². The second-order valence-corrected chi connectivity index (χ2v) is 6.00. The van der Waals surface area contributed by atoms with Gasteiger partial charge in [-0.3, -0.25) is 4.79 Å². The molecule has 110 valence electrons. The van der Waals surface area contributed by atoms with E-state index < -0.39 is 0 Å². The molecule has 0 unspecified atom stereocenters. The molecule has 1 N–H and O–H groups in total. The van der Waals surface area contributed by atoms with Crippen LogP contribution in [-0.4, -0.2) is 11.6 Å². The molecule has 1 fully saturated rings. The third kappa shape index (κ3) is 2.66. The van der Waals surface area contributed by atoms with Gasteiger partial charge in [0.05, 0.1) is 5.69 Å². The van der Waals surface area contributed by atoms with Gasteiger partial charge in [-0.15, -0.1) is 0 Å². The van der Waals surface area contributed by atoms with Crippen LogP contribution in [0.4, 0.5) is 0 Å². The monoisotopic (exact) mass is 282 g/mol. The Bertz CT molecular complexity index is 726. The molecular formula is C18H22N2O. The van der Waals surface area contributed by atoms with Gasteiger partial charge < -0.3 is 9.88 Å². The number of aryl methyl sites for hydroxylation is 2. The molecule has 3 nitrogen and oxygen atoms in total. The van der Waals surface area contributed by atoms with E-state index in [0.29, 0.717) is 12.6 Å². The maximum Gasteiger partial charge on any atom is 0.255 e. The Morgan fingerprint density at radius 2 is 1.95 bits per heavy atom. The summed E-state index contributed by atoms with van der Waals surface area (Å²) in [5.74, 6) is 0. The van der Waals surface area contributed by atoms with E-state index in [1.165, 1.54) is 16.7 Å². The summed E-state index contributed by atoms with van der Waals surface area (Å²) in [6.45, 7) is 4.84. The van der Waals surface area contributed by atoms with Gasteiger partial charge in [0.2, 0.25) is 0 Å². The molecule has 0 atom stereocenters. The van der Waals surface area contributed by atoms with Crippen LogP contribution in [-0.2, 0) is 6.54 Å². The second kappa shape index (κ2) is 5.49. The van der Waals surface area contributed by atoms with Crippen molar-refractivity contribution in [1.29, 1.82) is 0 Å². The first-order chi connectivity index (χ1) is 10.1. The summed E-state index contributed by atoms with van der Waals surface area (Å²) < 4.78 is 2.00. The Labute approximate surface area is 125 Å². The number of nitrogens with one attached hydrogen (secondary N) is 1. The lowest BCUT2D eigenvalue weighted by atomic mass is 10.0. The zero-order valence-corrected chi connectivity index (χ0v) is 12.9. The molecule has 3 rings (SSSR count). The van der Waals surface area contributed by atoms with Crippen molar-refractivity contribution >= 4 is 0 Å². The third-order valence-corrected chi connectivity index (χ3v) is 4.13. The largest absolute Gasteiger partial charge is 0.315 e. The lowest BCUT2D eigenvalue weighted by Crippen LogP contribution is -2.26. The number of aromatic nitrogens is 1. The van der Waals surface area contributed by atoms with Gasteiger partial charge in [-0.25, -0.2) is 0 Å². The molecule has 2 aromatic rings. The summed E-state index contributed by atoms with van der Waals surface area (Å²) in [6.07, 6.45) is 2.22. The van der Waals surface area contributed by atoms with Gasteiger partial charge in [0.1, 0.15) is 0 Å². The molecule has 0 bridgehead atoms. The quantitative estimate of drug-likeness (QED) is 0.934. The molecule has 1 aliphatic carbocycles. The molecular weight excluding hydrogens is 260 g/mol. The van der Waals surface area contributed by atoms with Crippen LogP contribution in [0, 0.1) is 13.8 Å². The lowest BCUT2D eigenvalue weighted by Gasteiger charge is -2.16. The molecule has 0 radical (unpaired) electrons. The van der Waals surface area contributed by atoms with Gasteiger partial charge in [-0.05, 0) is 45.4 Å². The van der Waals surface area contributed by atoms with Crippen LogP contribution < -0.4 is 10.9 Å². The average molecular weight is 282 g/mol. The standard InChI is InChI=1S/C18H22N2O/c1-12-4-8-16(13(2)10-12)17-9-5-14(11-19-3)18(21)20(17)15-6-7-15/h4-5,8-10,15,19H,6-7,11H2,1-3H3. The highest BCUT2D eigenvalue weighted by atomic mass is 16.1. The number of pyridine rings is 1. The minimum atomic E-state index is 0.157. The Kier molecular flexibility index (Phi) is 3.68. The van der Waals surface area contributed by atoms with Gasteiger partial charge >= 0.3 is 0 Å². The lowest BCUT2D eigenvalue weighted by molar-refractivity contribution is 0.691. The topological polar surface area (TPSA) is 34.0 Å². The first kappa shape index (κ1) is 14.1. The number of benzene rings is 1. The van der Waals surface area contributed by atoms with Gasteiger partial charge in [-0.2, -0.15) is 0 Å². The van der Waals surface area contributed by atoms with E-state index in [9.17, 15) is 4.79 Å². The van der Waals surface area contributed by atoms with Gasteiger partial charge in [0.15, 0.2) is 0 Å². The first-order valence-corrected chi connectivity index (χ1v) is 7.58. The predicted molar refractivity (Wildman–Crippen MR) is 86.6 cm³/mol. The molecule has 3 heteroatoms. The molecule has 1 heterocycles. The zero-order chi connectivity index (χ0) is 15.0. The Hall–Kier alpha value is -1.87. The normalized spacial score (nSPS) is 14.4. The third-order valence-electron chi connectivity index (χ3n) is 4.13. The average Bonchev–Trinajstić information content (AvgIpc) is 3.26. The van der Waals surface area contributed by atoms with Crippen molar-refractivity contribution < 1.29 is 0 Å². The van der Waals surface area contributed by atoms with E-state index in [1.807, 2.05) is 17.7 Å². The van der Waals surface area contributed by atoms with E-state index >= 15 is 0 Å². The molecule has 21 heavy (non-hydrogen) atoms. The van der Waals surface area contributed by atoms with Gasteiger partial charge in [-0.1, -0.05) is 29.8 Å². The van der Waals surface area contributed by atoms with Crippen molar-refractivity contribution in [3.63, 3.8) is 0 Å². The summed E-state index contributed by atoms with van der Waals surface area (Å²) in [7, 11) is 1.87. The summed E-state index contributed by atoms with van der Waals surface area (Å²) in [4.78, 5) is 12.7. The highest BCUT2D eigenvalue weighted by Crippen LogP contribution is 2.37. The minimum absolute atomic E-state index is 0.157. The maximum absolute atomic E-state index is 12.7. The van der Waals surface area contributed by atoms with Crippen molar-refractivity contribution in [3.05, 3.63) is 57.4 Å². The summed E-state index contributed by atoms with van der Waals surface area (Å²) >= 11 is 0. The van der Waals surface area contributed by atoms with Crippen LogP contribution in [0.1, 0.15) is 35.6 Å². The Morgan fingerprint density at radius 1 is 1.19 bits per heavy atom. The van der Waals surface area contributed by atoms with Crippen LogP contribution in [0.25, 0.3) is 11.3 Å². The van der Waals surface area contributed by atoms with Crippen molar-refractivity contribution in [2.75, 3.05) is 7.05 Å². The minimum Gasteiger partial charge on any atom is -0.315 e. The van der Waals surface area contributed by atoms with Crippen LogP contribution in [0.5, 0.6) is 0 Å². The summed E-state index contributed by atoms with van der Waals surface area (Å²) in [5.41, 5.74) is 5.70. The first-order valence-electron chi connectivity index (χ1n) is 7.58. The van der Waals surface area contributed by atoms with Crippen LogP contribution >= 0.6 is 0 Å². The van der Waals surface area contributed by atoms with E-state index in [4.69, 9.17) is 0 Å². The number of hydrogen-bond acceptors (Lipinski definition) is 2. The predicted octanol–water partition coefficient (Wildman–Crippen LogP) is 3.19. The molecule has 1 aromatic heterocycles. The Morgan fingerprint density at radius 3 is 2.57 bits per heavy atom. The van der Waals surface area contributed by atoms with Crippen molar-refractivity contribution in [1.82, 2.24) is 9.88 Å². The molecule has 0 amide bonds. The molecule has 1 aromatic carbocycles. The van der Waals surface area contributed by atoms with Crippen molar-refractivity contribution in [2.45, 2.75) is 39.3 Å². The Balaban J connectivity index is 2.18. The molecule has 0 aliphatic heterocycles. The second-order valence-electron chi connectivity index (χ2n) is 6.00. The number of nitrogens with zero attached hydrogens (tertiary/aromatic N) is 1. The van der Waals surface area contributed by atoms with Crippen LogP contribution in [0.15, 0.2) is 35.1 Å². The fourth-order valence-electron chi connectivity index (χ4n) is 2.94. The molecule has 1 aliphatic rings. The highest BCUT2D eigenvalue weighted by Gasteiger charge is 2.28. The fraction of sp³-hybridized carbons (Fsp3) is 0.389. The fourth-order valence-corrected chi connectivity index (χ4v) is 2.94. The zero-order valence-electron chi connectivity index (χ0n) is 12.9. The molecule has 1 saturated carbocycles. The van der Waals surface area contributed by atoms with Crippen LogP contribution in [0.2, 0.25) is 0 Å². The summed E-state index contributed by atoms with van der Waals surface area (Å²) in [6, 6.07) is 10.9. The van der Waals surface area contributed by atoms with E-state index in [1.54, 1.807) is 0 Å². The SMILES string of the molecule is CNCc1ccc(-c2ccc(C)cc2C)n(C2CC2)c1=O. The number of rotatable bonds is 4. The number of hydrogen-bond donors (Lipinski definition) is 1. The van der Waals surface area contributed by atoms with Crippen molar-refractivity contribution in [3.8, 4) is 11.3 Å². The highest BCUT2D eigenvalue weighted by molar-refractivity contribution is 5.65. The van der Waals surface area contributed by atoms with Crippen molar-refractivity contribution in [2.24, 2.45) is 0 Å². The molecule has 0 spiro atoms. The van der Waals surface area contributed by atoms with E-state index in [0.717, 1.165) is 24.1 Å². The van der Waals surface area contributed by atoms with Gasteiger partial charge in [0.25, 0.3) is 5.56 Å². The smallest absolute Gasteiger partial charge is 0.255 e. The maximum atomic E-state index is 12.7. The molecule has 0 saturated heterocycles. The van der Waals surface area contributed by atoms with E-state index in [2.05, 4.69) is 43.4 Å². The van der Waals surface area contributed by atoms with E-state index in [-0.39, 0.29) is 5.56 Å². The van der Waals surface area contributed by atoms with Gasteiger partial charge in [0, 0.05) is 23.7 Å². The summed E-state index contributed by atoms with van der Waals surface area (Å²) in [5, 5.41) is 3.08.